The van der Waals surface area contributed by atoms with Gasteiger partial charge in [-0.05, 0) is 64.9 Å². The van der Waals surface area contributed by atoms with E-state index in [4.69, 9.17) is 40.2 Å². The Kier molecular flexibility index (Phi) is 8.15. The molecule has 138 valence electrons. The lowest BCUT2D eigenvalue weighted by molar-refractivity contribution is 0.0977. The minimum Gasteiger partial charge on any atom is -0.492 e. The normalized spacial score (nSPS) is 10.3. The number of hydrogen-bond acceptors (Lipinski definition) is 3. The third kappa shape index (κ3) is 5.84. The molecule has 2 rings (SSSR count). The maximum atomic E-state index is 12.4. The predicted molar refractivity (Wildman–Crippen MR) is 115 cm³/mol. The molecule has 8 heteroatoms. The van der Waals surface area contributed by atoms with Crippen LogP contribution in [0.5, 0.6) is 5.75 Å². The van der Waals surface area contributed by atoms with E-state index in [1.807, 2.05) is 0 Å². The second-order valence-electron chi connectivity index (χ2n) is 5.36. The number of ether oxygens (including phenoxy) is 1. The summed E-state index contributed by atoms with van der Waals surface area (Å²) in [6, 6.07) is 10.2. The van der Waals surface area contributed by atoms with Crippen molar-refractivity contribution in [3.63, 3.8) is 0 Å². The largest absolute Gasteiger partial charge is 0.492 e. The monoisotopic (exact) mass is 474 g/mol. The number of amides is 1. The summed E-state index contributed by atoms with van der Waals surface area (Å²) in [4.78, 5) is 12.4. The summed E-state index contributed by atoms with van der Waals surface area (Å²) in [7, 11) is 0. The summed E-state index contributed by atoms with van der Waals surface area (Å²) in [5.74, 6) is 0.350. The lowest BCUT2D eigenvalue weighted by Crippen LogP contribution is -2.34. The Morgan fingerprint density at radius 3 is 2.73 bits per heavy atom. The van der Waals surface area contributed by atoms with Crippen LogP contribution < -0.4 is 15.4 Å². The van der Waals surface area contributed by atoms with Crippen LogP contribution in [0.15, 0.2) is 40.9 Å². The van der Waals surface area contributed by atoms with Crippen LogP contribution in [0.2, 0.25) is 10.0 Å². The molecule has 4 nitrogen and oxygen atoms in total. The van der Waals surface area contributed by atoms with E-state index in [1.54, 1.807) is 36.4 Å². The van der Waals surface area contributed by atoms with Gasteiger partial charge in [-0.3, -0.25) is 10.1 Å². The quantitative estimate of drug-likeness (QED) is 0.393. The maximum absolute atomic E-state index is 12.4. The zero-order valence-corrected chi connectivity index (χ0v) is 17.9. The fourth-order valence-electron chi connectivity index (χ4n) is 2.01. The summed E-state index contributed by atoms with van der Waals surface area (Å²) in [6.45, 7) is 2.73. The molecule has 2 N–H and O–H groups in total. The van der Waals surface area contributed by atoms with Crippen LogP contribution in [-0.4, -0.2) is 17.6 Å². The van der Waals surface area contributed by atoms with Gasteiger partial charge in [0, 0.05) is 5.56 Å². The molecular weight excluding hydrogens is 459 g/mol. The Morgan fingerprint density at radius 2 is 2.04 bits per heavy atom. The molecule has 0 saturated heterocycles. The zero-order chi connectivity index (χ0) is 19.1. The van der Waals surface area contributed by atoms with Crippen LogP contribution in [0.1, 0.15) is 30.1 Å². The molecule has 0 radical (unpaired) electrons. The molecule has 0 saturated carbocycles. The van der Waals surface area contributed by atoms with Crippen LogP contribution in [0.4, 0.5) is 5.69 Å². The van der Waals surface area contributed by atoms with Gasteiger partial charge < -0.3 is 10.1 Å². The van der Waals surface area contributed by atoms with Gasteiger partial charge in [0.25, 0.3) is 5.91 Å². The highest BCUT2D eigenvalue weighted by Gasteiger charge is 2.12. The van der Waals surface area contributed by atoms with Crippen molar-refractivity contribution in [2.75, 3.05) is 11.9 Å². The van der Waals surface area contributed by atoms with E-state index >= 15 is 0 Å². The van der Waals surface area contributed by atoms with E-state index in [1.165, 1.54) is 0 Å². The lowest BCUT2D eigenvalue weighted by Gasteiger charge is -2.12. The summed E-state index contributed by atoms with van der Waals surface area (Å²) in [6.07, 6.45) is 2.03. The second kappa shape index (κ2) is 10.1. The fourth-order valence-corrected chi connectivity index (χ4v) is 3.06. The van der Waals surface area contributed by atoms with E-state index in [0.717, 1.165) is 12.8 Å². The van der Waals surface area contributed by atoms with E-state index < -0.39 is 0 Å². The molecule has 0 unspecified atom stereocenters. The summed E-state index contributed by atoms with van der Waals surface area (Å²) >= 11 is 20.6. The molecule has 0 spiro atoms. The SMILES string of the molecule is CCCCOc1ccc(C(=O)NC(=S)Nc2cccc(Cl)c2Cl)cc1Br. The minimum atomic E-state index is -0.346. The van der Waals surface area contributed by atoms with E-state index in [0.29, 0.717) is 38.1 Å². The molecule has 2 aromatic rings. The number of hydrogen-bond donors (Lipinski definition) is 2. The fraction of sp³-hybridized carbons (Fsp3) is 0.222. The molecule has 0 atom stereocenters. The van der Waals surface area contributed by atoms with E-state index in [9.17, 15) is 4.79 Å². The van der Waals surface area contributed by atoms with Crippen LogP contribution in [0.25, 0.3) is 0 Å². The third-order valence-electron chi connectivity index (χ3n) is 3.38. The molecule has 0 aliphatic rings. The molecule has 0 aromatic heterocycles. The van der Waals surface area contributed by atoms with Crippen LogP contribution in [0.3, 0.4) is 0 Å². The van der Waals surface area contributed by atoms with E-state index in [-0.39, 0.29) is 11.0 Å². The topological polar surface area (TPSA) is 50.4 Å². The van der Waals surface area contributed by atoms with Gasteiger partial charge in [-0.1, -0.05) is 42.6 Å². The Labute approximate surface area is 176 Å². The molecule has 0 aliphatic heterocycles. The van der Waals surface area contributed by atoms with Crippen molar-refractivity contribution in [2.24, 2.45) is 0 Å². The number of benzene rings is 2. The Hall–Kier alpha value is -1.34. The predicted octanol–water partition coefficient (Wildman–Crippen LogP) is 6.06. The number of carbonyl (C=O) groups excluding carboxylic acids is 1. The second-order valence-corrected chi connectivity index (χ2v) is 7.40. The first kappa shape index (κ1) is 21.0. The molecule has 0 aliphatic carbocycles. The van der Waals surface area contributed by atoms with Crippen LogP contribution >= 0.6 is 51.3 Å². The van der Waals surface area contributed by atoms with Gasteiger partial charge in [-0.2, -0.15) is 0 Å². The average Bonchev–Trinajstić information content (AvgIpc) is 2.60. The molecule has 0 heterocycles. The zero-order valence-electron chi connectivity index (χ0n) is 13.9. The molecule has 1 amide bonds. The number of halogens is 3. The molecule has 0 fully saturated rings. The highest BCUT2D eigenvalue weighted by Crippen LogP contribution is 2.29. The first-order valence-corrected chi connectivity index (χ1v) is 9.86. The Balaban J connectivity index is 1.99. The number of rotatable bonds is 6. The standard InChI is InChI=1S/C18H17BrCl2N2O2S/c1-2-3-9-25-15-8-7-11(10-12(15)19)17(24)23-18(26)22-14-6-4-5-13(20)16(14)21/h4-8,10H,2-3,9H2,1H3,(H2,22,23,24,26). The summed E-state index contributed by atoms with van der Waals surface area (Å²) in [5, 5.41) is 6.32. The summed E-state index contributed by atoms with van der Waals surface area (Å²) < 4.78 is 6.36. The number of thiocarbonyl (C=S) groups is 1. The number of carbonyl (C=O) groups is 1. The van der Waals surface area contributed by atoms with Crippen molar-refractivity contribution < 1.29 is 9.53 Å². The maximum Gasteiger partial charge on any atom is 0.257 e. The van der Waals surface area contributed by atoms with Crippen molar-refractivity contribution >= 4 is 68.1 Å². The molecule has 26 heavy (non-hydrogen) atoms. The van der Waals surface area contributed by atoms with Gasteiger partial charge in [0.2, 0.25) is 0 Å². The summed E-state index contributed by atoms with van der Waals surface area (Å²) in [5.41, 5.74) is 0.964. The molecule has 0 bridgehead atoms. The third-order valence-corrected chi connectivity index (χ3v) is 5.02. The number of nitrogens with one attached hydrogen (secondary N) is 2. The molecular formula is C18H17BrCl2N2O2S. The van der Waals surface area contributed by atoms with E-state index in [2.05, 4.69) is 33.5 Å². The highest BCUT2D eigenvalue weighted by molar-refractivity contribution is 9.10. The van der Waals surface area contributed by atoms with Gasteiger partial charge in [-0.15, -0.1) is 0 Å². The average molecular weight is 476 g/mol. The van der Waals surface area contributed by atoms with Crippen molar-refractivity contribution in [1.29, 1.82) is 0 Å². The van der Waals surface area contributed by atoms with Crippen molar-refractivity contribution in [3.05, 3.63) is 56.5 Å². The Bertz CT molecular complexity index is 818. The van der Waals surface area contributed by atoms with Crippen molar-refractivity contribution in [3.8, 4) is 5.75 Å². The minimum absolute atomic E-state index is 0.124. The van der Waals surface area contributed by atoms with Crippen molar-refractivity contribution in [2.45, 2.75) is 19.8 Å². The first-order valence-electron chi connectivity index (χ1n) is 7.91. The molecule has 2 aromatic carbocycles. The van der Waals surface area contributed by atoms with Gasteiger partial charge >= 0.3 is 0 Å². The van der Waals surface area contributed by atoms with Gasteiger partial charge in [0.15, 0.2) is 5.11 Å². The van der Waals surface area contributed by atoms with Crippen LogP contribution in [0, 0.1) is 0 Å². The number of anilines is 1. The number of unbranched alkanes of at least 4 members (excludes halogenated alkanes) is 1. The Morgan fingerprint density at radius 1 is 1.27 bits per heavy atom. The van der Waals surface area contributed by atoms with Gasteiger partial charge in [-0.25, -0.2) is 0 Å². The lowest BCUT2D eigenvalue weighted by atomic mass is 10.2. The van der Waals surface area contributed by atoms with Gasteiger partial charge in [0.05, 0.1) is 26.8 Å². The van der Waals surface area contributed by atoms with Crippen molar-refractivity contribution in [1.82, 2.24) is 5.32 Å². The van der Waals surface area contributed by atoms with Crippen LogP contribution in [-0.2, 0) is 0 Å². The smallest absolute Gasteiger partial charge is 0.257 e. The van der Waals surface area contributed by atoms with Gasteiger partial charge in [0.1, 0.15) is 5.75 Å². The highest BCUT2D eigenvalue weighted by atomic mass is 79.9. The first-order chi connectivity index (χ1) is 12.4.